The van der Waals surface area contributed by atoms with Crippen LogP contribution >= 0.6 is 11.3 Å². The highest BCUT2D eigenvalue weighted by Crippen LogP contribution is 2.38. The lowest BCUT2D eigenvalue weighted by atomic mass is 9.99. The summed E-state index contributed by atoms with van der Waals surface area (Å²) in [5, 5.41) is 9.77. The number of amides is 1. The molecule has 2 aromatic heterocycles. The van der Waals surface area contributed by atoms with Crippen molar-refractivity contribution in [1.29, 1.82) is 0 Å². The van der Waals surface area contributed by atoms with Gasteiger partial charge in [0.25, 0.3) is 5.91 Å². The number of aromatic amines is 1. The monoisotopic (exact) mass is 404 g/mol. The number of anilines is 1. The van der Waals surface area contributed by atoms with Gasteiger partial charge in [0, 0.05) is 39.5 Å². The van der Waals surface area contributed by atoms with E-state index in [2.05, 4.69) is 40.1 Å². The molecule has 0 bridgehead atoms. The number of hydrogen-bond acceptors (Lipinski definition) is 4. The van der Waals surface area contributed by atoms with Gasteiger partial charge >= 0.3 is 0 Å². The van der Waals surface area contributed by atoms with Crippen LogP contribution in [0, 0.1) is 13.8 Å². The van der Waals surface area contributed by atoms with Gasteiger partial charge in [-0.05, 0) is 69.6 Å². The highest BCUT2D eigenvalue weighted by Gasteiger charge is 2.26. The number of aryl methyl sites for hydroxylation is 2. The van der Waals surface area contributed by atoms with Crippen LogP contribution in [0.3, 0.4) is 0 Å². The summed E-state index contributed by atoms with van der Waals surface area (Å²) in [4.78, 5) is 20.9. The van der Waals surface area contributed by atoms with Crippen molar-refractivity contribution in [2.45, 2.75) is 32.6 Å². The van der Waals surface area contributed by atoms with Crippen molar-refractivity contribution < 1.29 is 4.79 Å². The molecule has 148 valence electrons. The SMILES string of the molecule is Cc1cc(C)c(C=C2C(=O)Nc3ccc(-c4csc(C5CCNCC5)n4)cc32)[nH]1. The molecule has 0 unspecified atom stereocenters. The molecule has 1 aromatic carbocycles. The molecule has 0 atom stereocenters. The Labute approximate surface area is 174 Å². The van der Waals surface area contributed by atoms with Crippen LogP contribution in [0.2, 0.25) is 0 Å². The summed E-state index contributed by atoms with van der Waals surface area (Å²) in [6, 6.07) is 8.22. The van der Waals surface area contributed by atoms with Gasteiger partial charge in [-0.25, -0.2) is 4.98 Å². The van der Waals surface area contributed by atoms with Crippen LogP contribution in [-0.4, -0.2) is 29.0 Å². The molecular weight excluding hydrogens is 380 g/mol. The Kier molecular flexibility index (Phi) is 4.60. The first kappa shape index (κ1) is 18.3. The first-order chi connectivity index (χ1) is 14.1. The second kappa shape index (κ2) is 7.28. The summed E-state index contributed by atoms with van der Waals surface area (Å²) in [6.07, 6.45) is 4.25. The normalized spacial score (nSPS) is 18.3. The molecule has 29 heavy (non-hydrogen) atoms. The largest absolute Gasteiger partial charge is 0.359 e. The molecule has 4 heterocycles. The second-order valence-electron chi connectivity index (χ2n) is 7.92. The van der Waals surface area contributed by atoms with Gasteiger partial charge in [0.1, 0.15) is 0 Å². The zero-order chi connectivity index (χ0) is 20.0. The fourth-order valence-corrected chi connectivity index (χ4v) is 5.21. The average Bonchev–Trinajstić information content (AvgIpc) is 3.41. The number of nitrogens with zero attached hydrogens (tertiary/aromatic N) is 1. The summed E-state index contributed by atoms with van der Waals surface area (Å²) in [5.41, 5.74) is 7.76. The lowest BCUT2D eigenvalue weighted by Gasteiger charge is -2.20. The van der Waals surface area contributed by atoms with Crippen LogP contribution in [0.15, 0.2) is 29.6 Å². The third kappa shape index (κ3) is 3.43. The van der Waals surface area contributed by atoms with Crippen LogP contribution in [0.25, 0.3) is 22.9 Å². The Bertz CT molecular complexity index is 1120. The predicted octanol–water partition coefficient (Wildman–Crippen LogP) is 4.71. The number of fused-ring (bicyclic) bond motifs is 1. The zero-order valence-electron chi connectivity index (χ0n) is 16.6. The highest BCUT2D eigenvalue weighted by molar-refractivity contribution is 7.10. The number of nitrogens with one attached hydrogen (secondary N) is 3. The molecule has 0 spiro atoms. The van der Waals surface area contributed by atoms with E-state index in [0.29, 0.717) is 11.5 Å². The Morgan fingerprint density at radius 1 is 1.17 bits per heavy atom. The first-order valence-electron chi connectivity index (χ1n) is 10.1. The maximum absolute atomic E-state index is 12.6. The number of aromatic nitrogens is 2. The van der Waals surface area contributed by atoms with E-state index in [9.17, 15) is 4.79 Å². The van der Waals surface area contributed by atoms with E-state index < -0.39 is 0 Å². The van der Waals surface area contributed by atoms with E-state index in [4.69, 9.17) is 4.98 Å². The number of rotatable bonds is 3. The summed E-state index contributed by atoms with van der Waals surface area (Å²) < 4.78 is 0. The van der Waals surface area contributed by atoms with Crippen molar-refractivity contribution in [3.05, 3.63) is 57.2 Å². The van der Waals surface area contributed by atoms with E-state index in [1.54, 1.807) is 11.3 Å². The summed E-state index contributed by atoms with van der Waals surface area (Å²) in [7, 11) is 0. The molecule has 2 aliphatic rings. The minimum atomic E-state index is -0.0579. The summed E-state index contributed by atoms with van der Waals surface area (Å²) >= 11 is 1.75. The first-order valence-corrected chi connectivity index (χ1v) is 11.0. The Balaban J connectivity index is 1.49. The Hall–Kier alpha value is -2.70. The maximum atomic E-state index is 12.6. The van der Waals surface area contributed by atoms with E-state index in [1.165, 1.54) is 5.01 Å². The fourth-order valence-electron chi connectivity index (χ4n) is 4.21. The van der Waals surface area contributed by atoms with Crippen molar-refractivity contribution in [3.63, 3.8) is 0 Å². The van der Waals surface area contributed by atoms with Crippen LogP contribution in [0.5, 0.6) is 0 Å². The van der Waals surface area contributed by atoms with Crippen molar-refractivity contribution >= 4 is 34.6 Å². The lowest BCUT2D eigenvalue weighted by molar-refractivity contribution is -0.110. The molecular formula is C23H24N4OS. The van der Waals surface area contributed by atoms with Crippen LogP contribution < -0.4 is 10.6 Å². The highest BCUT2D eigenvalue weighted by atomic mass is 32.1. The van der Waals surface area contributed by atoms with Crippen LogP contribution in [-0.2, 0) is 4.79 Å². The predicted molar refractivity (Wildman–Crippen MR) is 119 cm³/mol. The Morgan fingerprint density at radius 3 is 2.76 bits per heavy atom. The molecule has 1 fully saturated rings. The number of H-pyrrole nitrogens is 1. The van der Waals surface area contributed by atoms with Crippen LogP contribution in [0.4, 0.5) is 5.69 Å². The van der Waals surface area contributed by atoms with Gasteiger partial charge in [0.2, 0.25) is 0 Å². The molecule has 2 aliphatic heterocycles. The second-order valence-corrected chi connectivity index (χ2v) is 8.81. The topological polar surface area (TPSA) is 69.8 Å². The van der Waals surface area contributed by atoms with Crippen molar-refractivity contribution in [2.75, 3.05) is 18.4 Å². The molecule has 3 aromatic rings. The smallest absolute Gasteiger partial charge is 0.256 e. The quantitative estimate of drug-likeness (QED) is 0.554. The van der Waals surface area contributed by atoms with E-state index >= 15 is 0 Å². The van der Waals surface area contributed by atoms with Crippen LogP contribution in [0.1, 0.15) is 46.3 Å². The molecule has 3 N–H and O–H groups in total. The van der Waals surface area contributed by atoms with Gasteiger partial charge in [-0.3, -0.25) is 4.79 Å². The minimum Gasteiger partial charge on any atom is -0.359 e. The van der Waals surface area contributed by atoms with E-state index in [0.717, 1.165) is 65.4 Å². The van der Waals surface area contributed by atoms with Crippen molar-refractivity contribution in [3.8, 4) is 11.3 Å². The third-order valence-corrected chi connectivity index (χ3v) is 6.79. The number of thiazole rings is 1. The molecule has 0 saturated carbocycles. The number of carbonyl (C=O) groups is 1. The number of piperidine rings is 1. The van der Waals surface area contributed by atoms with Gasteiger partial charge in [0.15, 0.2) is 0 Å². The molecule has 0 radical (unpaired) electrons. The zero-order valence-corrected chi connectivity index (χ0v) is 17.5. The van der Waals surface area contributed by atoms with Crippen molar-refractivity contribution in [1.82, 2.24) is 15.3 Å². The van der Waals surface area contributed by atoms with Gasteiger partial charge in [-0.15, -0.1) is 11.3 Å². The summed E-state index contributed by atoms with van der Waals surface area (Å²) in [5.74, 6) is 0.500. The maximum Gasteiger partial charge on any atom is 0.256 e. The van der Waals surface area contributed by atoms with Gasteiger partial charge in [-0.1, -0.05) is 6.07 Å². The molecule has 1 saturated heterocycles. The molecule has 0 aliphatic carbocycles. The number of benzene rings is 1. The van der Waals surface area contributed by atoms with Gasteiger partial charge in [0.05, 0.1) is 16.3 Å². The third-order valence-electron chi connectivity index (χ3n) is 5.79. The van der Waals surface area contributed by atoms with E-state index in [1.807, 2.05) is 25.1 Å². The average molecular weight is 405 g/mol. The standard InChI is InChI=1S/C23H24N4OS/c1-13-9-14(2)25-20(13)11-18-17-10-16(3-4-19(17)26-22(18)28)21-12-29-23(27-21)15-5-7-24-8-6-15/h3-4,9-12,15,24-25H,5-8H2,1-2H3,(H,26,28). The van der Waals surface area contributed by atoms with E-state index in [-0.39, 0.29) is 5.91 Å². The molecule has 5 nitrogen and oxygen atoms in total. The van der Waals surface area contributed by atoms with Gasteiger partial charge in [-0.2, -0.15) is 0 Å². The minimum absolute atomic E-state index is 0.0579. The Morgan fingerprint density at radius 2 is 2.00 bits per heavy atom. The molecule has 6 heteroatoms. The number of carbonyl (C=O) groups excluding carboxylic acids is 1. The van der Waals surface area contributed by atoms with Crippen molar-refractivity contribution in [2.24, 2.45) is 0 Å². The summed E-state index contributed by atoms with van der Waals surface area (Å²) in [6.45, 7) is 6.21. The molecule has 1 amide bonds. The molecule has 5 rings (SSSR count). The number of hydrogen-bond donors (Lipinski definition) is 3. The fraction of sp³-hybridized carbons (Fsp3) is 0.304. The lowest BCUT2D eigenvalue weighted by Crippen LogP contribution is -2.26. The van der Waals surface area contributed by atoms with Gasteiger partial charge < -0.3 is 15.6 Å².